The molecule has 0 saturated carbocycles. The van der Waals surface area contributed by atoms with E-state index in [1.165, 1.54) is 0 Å². The van der Waals surface area contributed by atoms with Crippen LogP contribution in [-0.4, -0.2) is 18.9 Å². The average molecular weight is 168 g/mol. The first kappa shape index (κ1) is 8.80. The first-order valence-corrected chi connectivity index (χ1v) is 3.60. The van der Waals surface area contributed by atoms with Gasteiger partial charge in [0.05, 0.1) is 12.3 Å². The van der Waals surface area contributed by atoms with Crippen molar-refractivity contribution in [2.45, 2.75) is 6.92 Å². The standard InChI is InChI=1S/C8H12N2O2/c1-6-3-8(12-10-6)4-7(9)5-11-2/h3-4H,5,9H2,1-2H3/b7-4-. The van der Waals surface area contributed by atoms with Crippen LogP contribution in [0.4, 0.5) is 0 Å². The largest absolute Gasteiger partial charge is 0.400 e. The predicted octanol–water partition coefficient (Wildman–Crippen LogP) is 0.929. The topological polar surface area (TPSA) is 61.3 Å². The number of ether oxygens (including phenoxy) is 1. The Morgan fingerprint density at radius 2 is 2.58 bits per heavy atom. The van der Waals surface area contributed by atoms with Gasteiger partial charge in [-0.1, -0.05) is 5.16 Å². The molecule has 0 aromatic carbocycles. The minimum atomic E-state index is 0.403. The van der Waals surface area contributed by atoms with Crippen molar-refractivity contribution in [3.8, 4) is 0 Å². The number of hydrogen-bond acceptors (Lipinski definition) is 4. The summed E-state index contributed by atoms with van der Waals surface area (Å²) in [7, 11) is 1.59. The molecule has 0 fully saturated rings. The maximum absolute atomic E-state index is 5.57. The molecule has 0 aliphatic carbocycles. The summed E-state index contributed by atoms with van der Waals surface area (Å²) in [5.41, 5.74) is 7.03. The van der Waals surface area contributed by atoms with E-state index in [1.807, 2.05) is 13.0 Å². The fourth-order valence-electron chi connectivity index (χ4n) is 0.842. The minimum Gasteiger partial charge on any atom is -0.400 e. The van der Waals surface area contributed by atoms with E-state index in [4.69, 9.17) is 15.0 Å². The Bertz CT molecular complexity index is 278. The molecular formula is C8H12N2O2. The first-order chi connectivity index (χ1) is 5.72. The SMILES string of the molecule is COC/C(N)=C/c1cc(C)no1. The van der Waals surface area contributed by atoms with Crippen molar-refractivity contribution in [1.29, 1.82) is 0 Å². The fraction of sp³-hybridized carbons (Fsp3) is 0.375. The van der Waals surface area contributed by atoms with Crippen molar-refractivity contribution in [3.05, 3.63) is 23.2 Å². The van der Waals surface area contributed by atoms with Crippen molar-refractivity contribution in [2.24, 2.45) is 5.73 Å². The molecule has 0 aliphatic rings. The first-order valence-electron chi connectivity index (χ1n) is 3.60. The summed E-state index contributed by atoms with van der Waals surface area (Å²) in [6, 6.07) is 1.81. The molecule has 1 heterocycles. The van der Waals surface area contributed by atoms with E-state index < -0.39 is 0 Å². The molecule has 12 heavy (non-hydrogen) atoms. The zero-order chi connectivity index (χ0) is 8.97. The molecule has 2 N–H and O–H groups in total. The van der Waals surface area contributed by atoms with Gasteiger partial charge in [0.1, 0.15) is 0 Å². The maximum atomic E-state index is 5.57. The van der Waals surface area contributed by atoms with E-state index >= 15 is 0 Å². The monoisotopic (exact) mass is 168 g/mol. The summed E-state index contributed by atoms with van der Waals surface area (Å²) in [4.78, 5) is 0. The quantitative estimate of drug-likeness (QED) is 0.729. The number of hydrogen-bond donors (Lipinski definition) is 1. The van der Waals surface area contributed by atoms with E-state index in [0.29, 0.717) is 18.1 Å². The van der Waals surface area contributed by atoms with Gasteiger partial charge in [0.15, 0.2) is 5.76 Å². The van der Waals surface area contributed by atoms with Crippen LogP contribution in [0.25, 0.3) is 6.08 Å². The molecule has 0 unspecified atom stereocenters. The lowest BCUT2D eigenvalue weighted by molar-refractivity contribution is 0.225. The van der Waals surface area contributed by atoms with E-state index in [-0.39, 0.29) is 0 Å². The Kier molecular flexibility index (Phi) is 2.88. The van der Waals surface area contributed by atoms with E-state index in [9.17, 15) is 0 Å². The molecule has 0 bridgehead atoms. The lowest BCUT2D eigenvalue weighted by Gasteiger charge is -1.95. The van der Waals surface area contributed by atoms with Crippen LogP contribution >= 0.6 is 0 Å². The fourth-order valence-corrected chi connectivity index (χ4v) is 0.842. The van der Waals surface area contributed by atoms with Gasteiger partial charge in [-0.15, -0.1) is 0 Å². The molecule has 66 valence electrons. The molecule has 0 saturated heterocycles. The van der Waals surface area contributed by atoms with Gasteiger partial charge in [0.2, 0.25) is 0 Å². The van der Waals surface area contributed by atoms with E-state index in [1.54, 1.807) is 13.2 Å². The van der Waals surface area contributed by atoms with Crippen LogP contribution in [0.15, 0.2) is 16.3 Å². The molecule has 1 aromatic heterocycles. The highest BCUT2D eigenvalue weighted by Gasteiger charge is 1.97. The van der Waals surface area contributed by atoms with Crippen LogP contribution in [0.1, 0.15) is 11.5 Å². The van der Waals surface area contributed by atoms with Crippen LogP contribution in [0.2, 0.25) is 0 Å². The van der Waals surface area contributed by atoms with Gasteiger partial charge in [-0.25, -0.2) is 0 Å². The lowest BCUT2D eigenvalue weighted by atomic mass is 10.3. The van der Waals surface area contributed by atoms with Gasteiger partial charge in [-0.2, -0.15) is 0 Å². The molecule has 4 heteroatoms. The Labute approximate surface area is 71.0 Å². The highest BCUT2D eigenvalue weighted by Crippen LogP contribution is 2.05. The zero-order valence-electron chi connectivity index (χ0n) is 7.20. The number of rotatable bonds is 3. The van der Waals surface area contributed by atoms with Crippen molar-refractivity contribution < 1.29 is 9.26 Å². The molecule has 0 aliphatic heterocycles. The summed E-state index contributed by atoms with van der Waals surface area (Å²) >= 11 is 0. The highest BCUT2D eigenvalue weighted by molar-refractivity contribution is 5.46. The van der Waals surface area contributed by atoms with Crippen LogP contribution in [0.3, 0.4) is 0 Å². The summed E-state index contributed by atoms with van der Waals surface area (Å²) in [6.07, 6.45) is 1.70. The van der Waals surface area contributed by atoms with Crippen LogP contribution in [0, 0.1) is 6.92 Å². The number of nitrogens with two attached hydrogens (primary N) is 1. The molecule has 1 rings (SSSR count). The Morgan fingerprint density at radius 1 is 1.83 bits per heavy atom. The van der Waals surface area contributed by atoms with Crippen LogP contribution < -0.4 is 5.73 Å². The normalized spacial score (nSPS) is 12.0. The van der Waals surface area contributed by atoms with Gasteiger partial charge < -0.3 is 15.0 Å². The third kappa shape index (κ3) is 2.39. The number of aryl methyl sites for hydroxylation is 1. The zero-order valence-corrected chi connectivity index (χ0v) is 7.20. The van der Waals surface area contributed by atoms with Crippen molar-refractivity contribution in [3.63, 3.8) is 0 Å². The summed E-state index contributed by atoms with van der Waals surface area (Å²) in [6.45, 7) is 2.26. The molecule has 0 amide bonds. The number of aromatic nitrogens is 1. The molecular weight excluding hydrogens is 156 g/mol. The van der Waals surface area contributed by atoms with Gasteiger partial charge >= 0.3 is 0 Å². The Hall–Kier alpha value is -1.29. The molecule has 1 aromatic rings. The second-order valence-electron chi connectivity index (χ2n) is 2.52. The van der Waals surface area contributed by atoms with Crippen LogP contribution in [-0.2, 0) is 4.74 Å². The van der Waals surface area contributed by atoms with Gasteiger partial charge in [0.25, 0.3) is 0 Å². The third-order valence-electron chi connectivity index (χ3n) is 1.28. The predicted molar refractivity (Wildman–Crippen MR) is 45.3 cm³/mol. The van der Waals surface area contributed by atoms with Crippen LogP contribution in [0.5, 0.6) is 0 Å². The van der Waals surface area contributed by atoms with Crippen molar-refractivity contribution in [2.75, 3.05) is 13.7 Å². The molecule has 0 radical (unpaired) electrons. The van der Waals surface area contributed by atoms with Gasteiger partial charge in [-0.05, 0) is 6.92 Å². The Balaban J connectivity index is 2.67. The highest BCUT2D eigenvalue weighted by atomic mass is 16.5. The van der Waals surface area contributed by atoms with Gasteiger partial charge in [-0.3, -0.25) is 0 Å². The summed E-state index contributed by atoms with van der Waals surface area (Å²) in [5.74, 6) is 0.655. The molecule has 4 nitrogen and oxygen atoms in total. The number of nitrogens with zero attached hydrogens (tertiary/aromatic N) is 1. The van der Waals surface area contributed by atoms with Crippen molar-refractivity contribution in [1.82, 2.24) is 5.16 Å². The molecule has 0 spiro atoms. The third-order valence-corrected chi connectivity index (χ3v) is 1.28. The second-order valence-corrected chi connectivity index (χ2v) is 2.52. The number of methoxy groups -OCH3 is 1. The lowest BCUT2D eigenvalue weighted by Crippen LogP contribution is -2.03. The Morgan fingerprint density at radius 3 is 3.08 bits per heavy atom. The van der Waals surface area contributed by atoms with Gasteiger partial charge in [0, 0.05) is 24.9 Å². The summed E-state index contributed by atoms with van der Waals surface area (Å²) in [5, 5.41) is 3.71. The maximum Gasteiger partial charge on any atom is 0.161 e. The van der Waals surface area contributed by atoms with E-state index in [0.717, 1.165) is 5.69 Å². The average Bonchev–Trinajstić information content (AvgIpc) is 2.36. The minimum absolute atomic E-state index is 0.403. The smallest absolute Gasteiger partial charge is 0.161 e. The second kappa shape index (κ2) is 3.92. The van der Waals surface area contributed by atoms with Crippen molar-refractivity contribution >= 4 is 6.08 Å². The summed E-state index contributed by atoms with van der Waals surface area (Å²) < 4.78 is 9.75. The van der Waals surface area contributed by atoms with E-state index in [2.05, 4.69) is 5.16 Å². The molecule has 0 atom stereocenters.